The van der Waals surface area contributed by atoms with Gasteiger partial charge < -0.3 is 14.4 Å². The molecule has 5 rings (SSSR count). The minimum Gasteiger partial charge on any atom is -0.454 e. The predicted octanol–water partition coefficient (Wildman–Crippen LogP) is 3.49. The topological polar surface area (TPSA) is 73.7 Å². The summed E-state index contributed by atoms with van der Waals surface area (Å²) in [6.07, 6.45) is 6.13. The van der Waals surface area contributed by atoms with Crippen molar-refractivity contribution >= 4 is 16.8 Å². The zero-order chi connectivity index (χ0) is 21.2. The maximum Gasteiger partial charge on any atom is 0.261 e. The first-order valence-electron chi connectivity index (χ1n) is 10.8. The molecule has 160 valence electrons. The summed E-state index contributed by atoms with van der Waals surface area (Å²) in [5.41, 5.74) is 1.58. The number of nitrogens with zero attached hydrogens (tertiary/aromatic N) is 3. The van der Waals surface area contributed by atoms with E-state index in [1.165, 1.54) is 10.9 Å². The highest BCUT2D eigenvalue weighted by Crippen LogP contribution is 2.34. The molecule has 0 radical (unpaired) electrons. The normalized spacial score (nSPS) is 15.5. The molecule has 0 N–H and O–H groups in total. The second-order valence-electron chi connectivity index (χ2n) is 8.16. The molecule has 1 fully saturated rings. The minimum absolute atomic E-state index is 0.0598. The Hall–Kier alpha value is -3.35. The van der Waals surface area contributed by atoms with Gasteiger partial charge in [-0.2, -0.15) is 0 Å². The summed E-state index contributed by atoms with van der Waals surface area (Å²) in [5, 5.41) is 0.574. The Morgan fingerprint density at radius 2 is 1.90 bits per heavy atom. The van der Waals surface area contributed by atoms with Gasteiger partial charge in [0, 0.05) is 25.6 Å². The first-order valence-corrected chi connectivity index (χ1v) is 10.8. The van der Waals surface area contributed by atoms with Gasteiger partial charge in [-0.15, -0.1) is 0 Å². The predicted molar refractivity (Wildman–Crippen MR) is 116 cm³/mol. The van der Waals surface area contributed by atoms with Crippen molar-refractivity contribution in [3.05, 3.63) is 64.7 Å². The van der Waals surface area contributed by atoms with E-state index >= 15 is 0 Å². The Morgan fingerprint density at radius 3 is 2.77 bits per heavy atom. The summed E-state index contributed by atoms with van der Waals surface area (Å²) in [6.45, 7) is 1.09. The molecule has 3 aromatic rings. The summed E-state index contributed by atoms with van der Waals surface area (Å²) in [4.78, 5) is 32.3. The van der Waals surface area contributed by atoms with Crippen molar-refractivity contribution in [3.63, 3.8) is 0 Å². The summed E-state index contributed by atoms with van der Waals surface area (Å²) in [6, 6.07) is 13.4. The fraction of sp³-hybridized carbons (Fsp3) is 0.375. The zero-order valence-corrected chi connectivity index (χ0v) is 17.3. The maximum absolute atomic E-state index is 13.3. The number of hydrogen-bond acceptors (Lipinski definition) is 5. The Balaban J connectivity index is 1.33. The molecular weight excluding hydrogens is 394 g/mol. The number of para-hydroxylation sites is 1. The van der Waals surface area contributed by atoms with E-state index < -0.39 is 0 Å². The van der Waals surface area contributed by atoms with Gasteiger partial charge in [0.2, 0.25) is 12.7 Å². The molecule has 2 heterocycles. The van der Waals surface area contributed by atoms with Crippen molar-refractivity contribution in [2.75, 3.05) is 6.79 Å². The standard InChI is InChI=1S/C24H25N3O4/c28-23(11-12-26-15-25-20-8-4-3-7-19(20)24(26)29)27(18-5-1-2-6-18)14-17-9-10-21-22(13-17)31-16-30-21/h3-4,7-10,13,15,18H,1-2,5-6,11-12,14,16H2. The van der Waals surface area contributed by atoms with E-state index in [0.29, 0.717) is 24.0 Å². The molecule has 7 heteroatoms. The van der Waals surface area contributed by atoms with E-state index in [2.05, 4.69) is 4.98 Å². The highest BCUT2D eigenvalue weighted by atomic mass is 16.7. The quantitative estimate of drug-likeness (QED) is 0.612. The molecule has 0 spiro atoms. The molecular formula is C24H25N3O4. The molecule has 0 bridgehead atoms. The lowest BCUT2D eigenvalue weighted by molar-refractivity contribution is -0.134. The lowest BCUT2D eigenvalue weighted by Gasteiger charge is -2.29. The van der Waals surface area contributed by atoms with Gasteiger partial charge in [0.1, 0.15) is 0 Å². The van der Waals surface area contributed by atoms with E-state index in [1.807, 2.05) is 41.3 Å². The van der Waals surface area contributed by atoms with Crippen LogP contribution < -0.4 is 15.0 Å². The van der Waals surface area contributed by atoms with Crippen molar-refractivity contribution in [1.82, 2.24) is 14.5 Å². The highest BCUT2D eigenvalue weighted by Gasteiger charge is 2.27. The summed E-state index contributed by atoms with van der Waals surface area (Å²) >= 11 is 0. The molecule has 31 heavy (non-hydrogen) atoms. The number of amides is 1. The molecule has 1 aliphatic carbocycles. The number of aryl methyl sites for hydroxylation is 1. The van der Waals surface area contributed by atoms with E-state index in [-0.39, 0.29) is 30.7 Å². The van der Waals surface area contributed by atoms with Crippen LogP contribution in [-0.4, -0.2) is 33.2 Å². The van der Waals surface area contributed by atoms with Crippen molar-refractivity contribution in [2.24, 2.45) is 0 Å². The van der Waals surface area contributed by atoms with Crippen LogP contribution in [0.25, 0.3) is 10.9 Å². The first-order chi connectivity index (χ1) is 15.2. The number of hydrogen-bond donors (Lipinski definition) is 0. The second-order valence-corrected chi connectivity index (χ2v) is 8.16. The molecule has 1 amide bonds. The largest absolute Gasteiger partial charge is 0.454 e. The number of rotatable bonds is 6. The Bertz CT molecular complexity index is 1170. The fourth-order valence-electron chi connectivity index (χ4n) is 4.50. The smallest absolute Gasteiger partial charge is 0.261 e. The number of carbonyl (C=O) groups excluding carboxylic acids is 1. The van der Waals surface area contributed by atoms with E-state index in [1.54, 1.807) is 6.07 Å². The van der Waals surface area contributed by atoms with E-state index in [9.17, 15) is 9.59 Å². The third-order valence-corrected chi connectivity index (χ3v) is 6.17. The molecule has 1 aromatic heterocycles. The monoisotopic (exact) mass is 419 g/mol. The summed E-state index contributed by atoms with van der Waals surface area (Å²) in [5.74, 6) is 1.53. The lowest BCUT2D eigenvalue weighted by atomic mass is 10.1. The number of ether oxygens (including phenoxy) is 2. The van der Waals surface area contributed by atoms with Crippen LogP contribution in [0.15, 0.2) is 53.6 Å². The van der Waals surface area contributed by atoms with Crippen LogP contribution >= 0.6 is 0 Å². The van der Waals surface area contributed by atoms with Crippen LogP contribution in [0.3, 0.4) is 0 Å². The van der Waals surface area contributed by atoms with Crippen molar-refractivity contribution in [1.29, 1.82) is 0 Å². The minimum atomic E-state index is -0.110. The van der Waals surface area contributed by atoms with Crippen molar-refractivity contribution < 1.29 is 14.3 Å². The highest BCUT2D eigenvalue weighted by molar-refractivity contribution is 5.78. The van der Waals surface area contributed by atoms with Crippen LogP contribution in [-0.2, 0) is 17.9 Å². The number of fused-ring (bicyclic) bond motifs is 2. The van der Waals surface area contributed by atoms with Gasteiger partial charge in [0.15, 0.2) is 11.5 Å². The Morgan fingerprint density at radius 1 is 1.10 bits per heavy atom. The average molecular weight is 419 g/mol. The van der Waals surface area contributed by atoms with Gasteiger partial charge in [-0.1, -0.05) is 31.0 Å². The van der Waals surface area contributed by atoms with Crippen LogP contribution in [0.5, 0.6) is 11.5 Å². The molecule has 1 aliphatic heterocycles. The average Bonchev–Trinajstić information content (AvgIpc) is 3.49. The third-order valence-electron chi connectivity index (χ3n) is 6.17. The number of carbonyl (C=O) groups is 1. The Kier molecular flexibility index (Phi) is 5.32. The van der Waals surface area contributed by atoms with Gasteiger partial charge in [-0.05, 0) is 42.7 Å². The SMILES string of the molecule is O=C(CCn1cnc2ccccc2c1=O)N(Cc1ccc2c(c1)OCO2)C1CCCC1. The maximum atomic E-state index is 13.3. The van der Waals surface area contributed by atoms with Gasteiger partial charge in [-0.25, -0.2) is 4.98 Å². The first kappa shape index (κ1) is 19.6. The van der Waals surface area contributed by atoms with Crippen LogP contribution in [0.4, 0.5) is 0 Å². The fourth-order valence-corrected chi connectivity index (χ4v) is 4.50. The molecule has 0 atom stereocenters. The van der Waals surface area contributed by atoms with Crippen LogP contribution in [0, 0.1) is 0 Å². The van der Waals surface area contributed by atoms with Gasteiger partial charge >= 0.3 is 0 Å². The molecule has 1 saturated carbocycles. The molecule has 2 aromatic carbocycles. The summed E-state index contributed by atoms with van der Waals surface area (Å²) < 4.78 is 12.4. The lowest BCUT2D eigenvalue weighted by Crippen LogP contribution is -2.39. The van der Waals surface area contributed by atoms with Crippen LogP contribution in [0.2, 0.25) is 0 Å². The Labute approximate surface area is 180 Å². The molecule has 7 nitrogen and oxygen atoms in total. The van der Waals surface area contributed by atoms with E-state index in [0.717, 1.165) is 42.7 Å². The molecule has 2 aliphatic rings. The van der Waals surface area contributed by atoms with Crippen LogP contribution in [0.1, 0.15) is 37.7 Å². The third kappa shape index (κ3) is 4.00. The van der Waals surface area contributed by atoms with Gasteiger partial charge in [0.25, 0.3) is 5.56 Å². The van der Waals surface area contributed by atoms with Crippen molar-refractivity contribution in [2.45, 2.75) is 51.2 Å². The van der Waals surface area contributed by atoms with Gasteiger partial charge in [0.05, 0.1) is 17.2 Å². The molecule has 0 unspecified atom stereocenters. The number of aromatic nitrogens is 2. The zero-order valence-electron chi connectivity index (χ0n) is 17.3. The van der Waals surface area contributed by atoms with E-state index in [4.69, 9.17) is 9.47 Å². The molecule has 0 saturated heterocycles. The number of benzene rings is 2. The second kappa shape index (κ2) is 8.41. The van der Waals surface area contributed by atoms with Gasteiger partial charge in [-0.3, -0.25) is 14.2 Å². The summed E-state index contributed by atoms with van der Waals surface area (Å²) in [7, 11) is 0. The van der Waals surface area contributed by atoms with Crippen molar-refractivity contribution in [3.8, 4) is 11.5 Å².